The summed E-state index contributed by atoms with van der Waals surface area (Å²) in [6, 6.07) is -3.23. The fourth-order valence-electron chi connectivity index (χ4n) is 5.58. The van der Waals surface area contributed by atoms with Crippen LogP contribution >= 0.6 is 11.6 Å². The number of alkyl halides is 7. The maximum atomic E-state index is 13.8. The van der Waals surface area contributed by atoms with Crippen LogP contribution in [0.4, 0.5) is 26.3 Å². The van der Waals surface area contributed by atoms with E-state index >= 15 is 0 Å². The number of halogens is 7. The Hall–Kier alpha value is -2.78. The number of hydrazine groups is 1. The molecule has 1 saturated carbocycles. The predicted molar refractivity (Wildman–Crippen MR) is 130 cm³/mol. The van der Waals surface area contributed by atoms with Crippen LogP contribution in [0.15, 0.2) is 0 Å². The van der Waals surface area contributed by atoms with Gasteiger partial charge in [-0.05, 0) is 36.5 Å². The Bertz CT molecular complexity index is 1070. The molecule has 1 aliphatic carbocycles. The average molecular weight is 620 g/mol. The summed E-state index contributed by atoms with van der Waals surface area (Å²) in [5, 5.41) is 4.61. The van der Waals surface area contributed by atoms with Gasteiger partial charge in [-0.3, -0.25) is 29.4 Å². The molecule has 3 rings (SSSR count). The van der Waals surface area contributed by atoms with Crippen molar-refractivity contribution in [3.63, 3.8) is 0 Å². The zero-order valence-corrected chi connectivity index (χ0v) is 23.3. The molecule has 0 aromatic heterocycles. The molecule has 3 fully saturated rings. The molecule has 6 atom stereocenters. The van der Waals surface area contributed by atoms with Crippen molar-refractivity contribution in [2.24, 2.45) is 23.2 Å². The molecular weight excluding hydrogens is 588 g/mol. The van der Waals surface area contributed by atoms with Crippen molar-refractivity contribution >= 4 is 41.1 Å². The summed E-state index contributed by atoms with van der Waals surface area (Å²) >= 11 is 5.31. The maximum absolute atomic E-state index is 13.8. The highest BCUT2D eigenvalue weighted by molar-refractivity contribution is 6.29. The van der Waals surface area contributed by atoms with Crippen molar-refractivity contribution < 1.29 is 50.3 Å². The third-order valence-electron chi connectivity index (χ3n) is 7.74. The number of nitrogens with one attached hydrogen (secondary N) is 3. The number of hydrogen-bond acceptors (Lipinski definition) is 5. The van der Waals surface area contributed by atoms with Gasteiger partial charge in [0, 0.05) is 13.1 Å². The van der Waals surface area contributed by atoms with E-state index in [9.17, 15) is 50.3 Å². The van der Waals surface area contributed by atoms with E-state index in [2.05, 4.69) is 10.7 Å². The van der Waals surface area contributed by atoms with Crippen molar-refractivity contribution in [3.8, 4) is 0 Å². The lowest BCUT2D eigenvalue weighted by atomic mass is 9.85. The molecule has 41 heavy (non-hydrogen) atoms. The van der Waals surface area contributed by atoms with Crippen molar-refractivity contribution in [2.75, 3.05) is 19.6 Å². The molecule has 0 bridgehead atoms. The minimum atomic E-state index is -6.21. The number of likely N-dealkylation sites (tertiary alicyclic amines) is 1. The van der Waals surface area contributed by atoms with Gasteiger partial charge in [-0.25, -0.2) is 9.40 Å². The van der Waals surface area contributed by atoms with Crippen LogP contribution in [0, 0.1) is 23.2 Å². The molecule has 232 valence electrons. The average Bonchev–Trinajstić information content (AvgIpc) is 3.55. The second-order valence-electron chi connectivity index (χ2n) is 11.6. The lowest BCUT2D eigenvalue weighted by Crippen LogP contribution is -2.63. The Morgan fingerprint density at radius 3 is 2.24 bits per heavy atom. The highest BCUT2D eigenvalue weighted by Gasteiger charge is 2.64. The highest BCUT2D eigenvalue weighted by atomic mass is 35.5. The quantitative estimate of drug-likeness (QED) is 0.228. The Labute approximate surface area is 236 Å². The standard InChI is InChI=1S/C24H32ClF6N5O5/c1-22(2,3)15(33-21(41)23(27,28)24(29,30)31)19(39)35-9-11-5-4-6-13(11)14(35)18(38)34-36(20(40)16(25)26)10-12-7-8-32-17(12)37/h11-16H,4-10H2,1-3H3,(H,32,37)(H,33,41)(H,34,38)/t11-,12-,13-,14-,15?,16?/m0/s1. The first-order valence-corrected chi connectivity index (χ1v) is 13.4. The van der Waals surface area contributed by atoms with Crippen LogP contribution in [0.2, 0.25) is 0 Å². The van der Waals surface area contributed by atoms with E-state index in [1.165, 1.54) is 26.1 Å². The van der Waals surface area contributed by atoms with Crippen LogP contribution in [-0.2, 0) is 24.0 Å². The zero-order chi connectivity index (χ0) is 31.1. The highest BCUT2D eigenvalue weighted by Crippen LogP contribution is 2.43. The first-order chi connectivity index (χ1) is 18.8. The molecular formula is C24H32ClF6N5O5. The molecule has 2 heterocycles. The second kappa shape index (κ2) is 11.8. The summed E-state index contributed by atoms with van der Waals surface area (Å²) in [5.74, 6) is -13.9. The second-order valence-corrected chi connectivity index (χ2v) is 12.0. The van der Waals surface area contributed by atoms with Crippen molar-refractivity contribution in [1.82, 2.24) is 26.0 Å². The van der Waals surface area contributed by atoms with E-state index in [1.807, 2.05) is 0 Å². The number of amides is 5. The molecule has 0 spiro atoms. The largest absolute Gasteiger partial charge is 0.463 e. The van der Waals surface area contributed by atoms with Gasteiger partial charge in [0.1, 0.15) is 12.1 Å². The van der Waals surface area contributed by atoms with Crippen molar-refractivity contribution in [3.05, 3.63) is 0 Å². The van der Waals surface area contributed by atoms with Crippen LogP contribution in [0.1, 0.15) is 46.5 Å². The van der Waals surface area contributed by atoms with Crippen molar-refractivity contribution in [2.45, 2.75) is 76.3 Å². The summed E-state index contributed by atoms with van der Waals surface area (Å²) < 4.78 is 79.7. The topological polar surface area (TPSA) is 128 Å². The van der Waals surface area contributed by atoms with E-state index in [-0.39, 0.29) is 18.9 Å². The Morgan fingerprint density at radius 2 is 1.73 bits per heavy atom. The van der Waals surface area contributed by atoms with Crippen molar-refractivity contribution in [1.29, 1.82) is 0 Å². The summed E-state index contributed by atoms with van der Waals surface area (Å²) in [4.78, 5) is 64.7. The molecule has 2 aliphatic heterocycles. The summed E-state index contributed by atoms with van der Waals surface area (Å²) in [5.41, 5.74) is -1.71. The van der Waals surface area contributed by atoms with Gasteiger partial charge in [0.2, 0.25) is 11.8 Å². The normalized spacial score (nSPS) is 26.2. The van der Waals surface area contributed by atoms with Crippen LogP contribution < -0.4 is 16.1 Å². The molecule has 3 aliphatic rings. The van der Waals surface area contributed by atoms with E-state index in [1.54, 1.807) is 0 Å². The molecule has 3 N–H and O–H groups in total. The minimum absolute atomic E-state index is 0.0695. The molecule has 10 nitrogen and oxygen atoms in total. The first kappa shape index (κ1) is 32.7. The van der Waals surface area contributed by atoms with Gasteiger partial charge in [-0.15, -0.1) is 0 Å². The van der Waals surface area contributed by atoms with Crippen LogP contribution in [0.5, 0.6) is 0 Å². The number of hydrogen-bond donors (Lipinski definition) is 3. The Morgan fingerprint density at radius 1 is 1.10 bits per heavy atom. The lowest BCUT2D eigenvalue weighted by Gasteiger charge is -2.37. The molecule has 2 unspecified atom stereocenters. The number of nitrogens with zero attached hydrogens (tertiary/aromatic N) is 2. The third-order valence-corrected chi connectivity index (χ3v) is 7.92. The third kappa shape index (κ3) is 6.83. The van der Waals surface area contributed by atoms with Gasteiger partial charge in [-0.1, -0.05) is 38.8 Å². The van der Waals surface area contributed by atoms with E-state index in [0.717, 1.165) is 4.90 Å². The molecule has 5 amide bonds. The van der Waals surface area contributed by atoms with Gasteiger partial charge < -0.3 is 15.5 Å². The monoisotopic (exact) mass is 619 g/mol. The first-order valence-electron chi connectivity index (χ1n) is 13.0. The number of carbonyl (C=O) groups excluding carboxylic acids is 5. The summed E-state index contributed by atoms with van der Waals surface area (Å²) in [7, 11) is 0. The minimum Gasteiger partial charge on any atom is -0.356 e. The van der Waals surface area contributed by atoms with Gasteiger partial charge in [-0.2, -0.15) is 22.0 Å². The summed E-state index contributed by atoms with van der Waals surface area (Å²) in [6.45, 7) is 3.81. The molecule has 17 heteroatoms. The molecule has 0 aromatic carbocycles. The van der Waals surface area contributed by atoms with E-state index in [0.29, 0.717) is 30.8 Å². The number of carbonyl (C=O) groups is 5. The Kier molecular flexibility index (Phi) is 9.45. The fraction of sp³-hybridized carbons (Fsp3) is 0.792. The van der Waals surface area contributed by atoms with Crippen LogP contribution in [0.25, 0.3) is 0 Å². The Balaban J connectivity index is 1.89. The van der Waals surface area contributed by atoms with Gasteiger partial charge >= 0.3 is 18.0 Å². The SMILES string of the molecule is CC(C)(C)C(NC(=O)C(F)(F)C(F)(F)F)C(=O)N1C[C@@H]2CCC[C@@H]2[C@H]1C(=O)NN(C[C@@H]1CCNC1=O)C(=O)C(F)Cl. The van der Waals surface area contributed by atoms with E-state index in [4.69, 9.17) is 11.6 Å². The maximum Gasteiger partial charge on any atom is 0.463 e. The fourth-order valence-corrected chi connectivity index (χ4v) is 5.70. The molecule has 0 aromatic rings. The lowest BCUT2D eigenvalue weighted by molar-refractivity contribution is -0.270. The van der Waals surface area contributed by atoms with Gasteiger partial charge in [0.15, 0.2) is 0 Å². The number of fused-ring (bicyclic) bond motifs is 1. The molecule has 0 radical (unpaired) electrons. The number of rotatable bonds is 7. The van der Waals surface area contributed by atoms with Gasteiger partial charge in [0.25, 0.3) is 17.4 Å². The van der Waals surface area contributed by atoms with E-state index < -0.39 is 83.1 Å². The smallest absolute Gasteiger partial charge is 0.356 e. The predicted octanol–water partition coefficient (Wildman–Crippen LogP) is 1.87. The molecule has 2 saturated heterocycles. The zero-order valence-electron chi connectivity index (χ0n) is 22.5. The van der Waals surface area contributed by atoms with Crippen LogP contribution in [-0.4, -0.2) is 88.9 Å². The van der Waals surface area contributed by atoms with Crippen LogP contribution in [0.3, 0.4) is 0 Å². The summed E-state index contributed by atoms with van der Waals surface area (Å²) in [6.07, 6.45) is -4.22. The van der Waals surface area contributed by atoms with Gasteiger partial charge in [0.05, 0.1) is 12.5 Å².